The van der Waals surface area contributed by atoms with Crippen molar-refractivity contribution in [3.05, 3.63) is 40.2 Å². The lowest BCUT2D eigenvalue weighted by atomic mass is 10.3. The number of hydrogen-bond donors (Lipinski definition) is 2. The number of nitrogens with one attached hydrogen (secondary N) is 2. The van der Waals surface area contributed by atoms with Crippen molar-refractivity contribution in [1.82, 2.24) is 9.97 Å². The molecule has 0 saturated heterocycles. The van der Waals surface area contributed by atoms with E-state index in [1.807, 2.05) is 24.3 Å². The van der Waals surface area contributed by atoms with Gasteiger partial charge in [-0.3, -0.25) is 0 Å². The molecule has 0 atom stereocenters. The zero-order valence-electron chi connectivity index (χ0n) is 6.79. The molecule has 2 aromatic rings. The van der Waals surface area contributed by atoms with E-state index in [4.69, 9.17) is 0 Å². The molecule has 0 unspecified atom stereocenters. The Balaban J connectivity index is 2.24. The first-order chi connectivity index (χ1) is 6.36. The van der Waals surface area contributed by atoms with Crippen LogP contribution in [0.3, 0.4) is 0 Å². The highest BCUT2D eigenvalue weighted by atomic mass is 127. The van der Waals surface area contributed by atoms with Crippen molar-refractivity contribution < 1.29 is 0 Å². The molecule has 2 N–H and O–H groups in total. The minimum Gasteiger partial charge on any atom is -0.331 e. The number of aromatic nitrogens is 2. The van der Waals surface area contributed by atoms with Crippen LogP contribution in [0.25, 0.3) is 0 Å². The number of imidazole rings is 1. The van der Waals surface area contributed by atoms with Crippen molar-refractivity contribution in [3.8, 4) is 0 Å². The van der Waals surface area contributed by atoms with Crippen molar-refractivity contribution in [2.75, 3.05) is 5.32 Å². The van der Waals surface area contributed by atoms with E-state index in [1.54, 1.807) is 12.4 Å². The average molecular weight is 285 g/mol. The maximum Gasteiger partial charge on any atom is 0.204 e. The largest absolute Gasteiger partial charge is 0.331 e. The summed E-state index contributed by atoms with van der Waals surface area (Å²) in [7, 11) is 0. The van der Waals surface area contributed by atoms with Crippen LogP contribution in [0.2, 0.25) is 0 Å². The second-order valence-electron chi connectivity index (χ2n) is 2.54. The van der Waals surface area contributed by atoms with Crippen LogP contribution in [-0.4, -0.2) is 9.97 Å². The van der Waals surface area contributed by atoms with E-state index in [0.717, 1.165) is 11.6 Å². The van der Waals surface area contributed by atoms with Gasteiger partial charge in [-0.25, -0.2) is 4.98 Å². The molecule has 0 bridgehead atoms. The lowest BCUT2D eigenvalue weighted by molar-refractivity contribution is 1.28. The van der Waals surface area contributed by atoms with Gasteiger partial charge in [0, 0.05) is 16.0 Å². The first-order valence-corrected chi connectivity index (χ1v) is 4.95. The first-order valence-electron chi connectivity index (χ1n) is 3.87. The van der Waals surface area contributed by atoms with Crippen molar-refractivity contribution >= 4 is 34.2 Å². The van der Waals surface area contributed by atoms with Gasteiger partial charge in [-0.2, -0.15) is 0 Å². The van der Waals surface area contributed by atoms with Gasteiger partial charge in [0.05, 0.1) is 5.69 Å². The number of para-hydroxylation sites is 1. The quantitative estimate of drug-likeness (QED) is 0.833. The molecule has 0 aliphatic rings. The van der Waals surface area contributed by atoms with Crippen LogP contribution in [0, 0.1) is 3.57 Å². The molecule has 0 saturated carbocycles. The number of halogens is 1. The summed E-state index contributed by atoms with van der Waals surface area (Å²) in [5.74, 6) is 0.768. The summed E-state index contributed by atoms with van der Waals surface area (Å²) in [5, 5.41) is 3.18. The third kappa shape index (κ3) is 2.00. The standard InChI is InChI=1S/C9H8IN3/c10-7-3-1-2-4-8(7)13-9-11-5-6-12-9/h1-6H,(H2,11,12,13). The highest BCUT2D eigenvalue weighted by Crippen LogP contribution is 2.19. The zero-order valence-corrected chi connectivity index (χ0v) is 8.95. The summed E-state index contributed by atoms with van der Waals surface area (Å²) in [6.45, 7) is 0. The van der Waals surface area contributed by atoms with Gasteiger partial charge in [0.25, 0.3) is 0 Å². The Morgan fingerprint density at radius 1 is 1.31 bits per heavy atom. The third-order valence-electron chi connectivity index (χ3n) is 1.63. The Morgan fingerprint density at radius 2 is 2.15 bits per heavy atom. The van der Waals surface area contributed by atoms with Gasteiger partial charge in [-0.05, 0) is 34.7 Å². The van der Waals surface area contributed by atoms with Crippen LogP contribution in [0.4, 0.5) is 11.6 Å². The Kier molecular flexibility index (Phi) is 2.49. The van der Waals surface area contributed by atoms with E-state index in [9.17, 15) is 0 Å². The Morgan fingerprint density at radius 3 is 2.85 bits per heavy atom. The van der Waals surface area contributed by atoms with Crippen molar-refractivity contribution in [2.45, 2.75) is 0 Å². The third-order valence-corrected chi connectivity index (χ3v) is 2.57. The zero-order chi connectivity index (χ0) is 9.10. The molecule has 0 amide bonds. The SMILES string of the molecule is Ic1ccccc1Nc1ncc[nH]1. The lowest BCUT2D eigenvalue weighted by Gasteiger charge is -2.04. The van der Waals surface area contributed by atoms with Crippen LogP contribution in [0.5, 0.6) is 0 Å². The molecule has 0 aliphatic carbocycles. The minimum absolute atomic E-state index is 0.768. The molecular formula is C9H8IN3. The molecule has 13 heavy (non-hydrogen) atoms. The fourth-order valence-corrected chi connectivity index (χ4v) is 1.55. The predicted molar refractivity (Wildman–Crippen MR) is 61.0 cm³/mol. The van der Waals surface area contributed by atoms with Crippen LogP contribution in [-0.2, 0) is 0 Å². The number of benzene rings is 1. The fourth-order valence-electron chi connectivity index (χ4n) is 1.02. The summed E-state index contributed by atoms with van der Waals surface area (Å²) in [6.07, 6.45) is 3.51. The summed E-state index contributed by atoms with van der Waals surface area (Å²) < 4.78 is 1.18. The Hall–Kier alpha value is -1.04. The van der Waals surface area contributed by atoms with E-state index >= 15 is 0 Å². The summed E-state index contributed by atoms with van der Waals surface area (Å²) in [5.41, 5.74) is 1.07. The van der Waals surface area contributed by atoms with Gasteiger partial charge in [-0.15, -0.1) is 0 Å². The van der Waals surface area contributed by atoms with Crippen LogP contribution >= 0.6 is 22.6 Å². The van der Waals surface area contributed by atoms with Gasteiger partial charge in [-0.1, -0.05) is 12.1 Å². The normalized spacial score (nSPS) is 9.92. The number of rotatable bonds is 2. The predicted octanol–water partition coefficient (Wildman–Crippen LogP) is 2.76. The number of hydrogen-bond acceptors (Lipinski definition) is 2. The lowest BCUT2D eigenvalue weighted by Crippen LogP contribution is -1.93. The van der Waals surface area contributed by atoms with Gasteiger partial charge in [0.15, 0.2) is 0 Å². The minimum atomic E-state index is 0.768. The Labute approximate surface area is 89.7 Å². The number of nitrogens with zero attached hydrogens (tertiary/aromatic N) is 1. The number of anilines is 2. The summed E-state index contributed by atoms with van der Waals surface area (Å²) >= 11 is 2.28. The van der Waals surface area contributed by atoms with Crippen molar-refractivity contribution in [2.24, 2.45) is 0 Å². The molecule has 1 aromatic carbocycles. The summed E-state index contributed by atoms with van der Waals surface area (Å²) in [4.78, 5) is 7.07. The second kappa shape index (κ2) is 3.78. The topological polar surface area (TPSA) is 40.7 Å². The molecule has 1 aromatic heterocycles. The molecule has 0 spiro atoms. The van der Waals surface area contributed by atoms with E-state index in [-0.39, 0.29) is 0 Å². The molecule has 0 aliphatic heterocycles. The highest BCUT2D eigenvalue weighted by molar-refractivity contribution is 14.1. The first kappa shape index (κ1) is 8.55. The molecular weight excluding hydrogens is 277 g/mol. The van der Waals surface area contributed by atoms with Crippen molar-refractivity contribution in [3.63, 3.8) is 0 Å². The van der Waals surface area contributed by atoms with Gasteiger partial charge >= 0.3 is 0 Å². The highest BCUT2D eigenvalue weighted by Gasteiger charge is 1.98. The van der Waals surface area contributed by atoms with Crippen molar-refractivity contribution in [1.29, 1.82) is 0 Å². The van der Waals surface area contributed by atoms with Gasteiger partial charge < -0.3 is 10.3 Å². The van der Waals surface area contributed by atoms with Crippen LogP contribution in [0.1, 0.15) is 0 Å². The number of H-pyrrole nitrogens is 1. The molecule has 2 rings (SSSR count). The van der Waals surface area contributed by atoms with E-state index in [1.165, 1.54) is 3.57 Å². The van der Waals surface area contributed by atoms with E-state index in [2.05, 4.69) is 37.9 Å². The summed E-state index contributed by atoms with van der Waals surface area (Å²) in [6, 6.07) is 8.07. The maximum absolute atomic E-state index is 4.08. The molecule has 0 radical (unpaired) electrons. The monoisotopic (exact) mass is 285 g/mol. The van der Waals surface area contributed by atoms with E-state index in [0.29, 0.717) is 0 Å². The van der Waals surface area contributed by atoms with Crippen LogP contribution < -0.4 is 5.32 Å². The average Bonchev–Trinajstić information content (AvgIpc) is 2.61. The molecule has 3 nitrogen and oxygen atoms in total. The molecule has 4 heteroatoms. The fraction of sp³-hybridized carbons (Fsp3) is 0. The van der Waals surface area contributed by atoms with E-state index < -0.39 is 0 Å². The van der Waals surface area contributed by atoms with Gasteiger partial charge in [0.2, 0.25) is 5.95 Å². The maximum atomic E-state index is 4.08. The number of aromatic amines is 1. The molecule has 0 fully saturated rings. The molecule has 66 valence electrons. The van der Waals surface area contributed by atoms with Gasteiger partial charge in [0.1, 0.15) is 0 Å². The smallest absolute Gasteiger partial charge is 0.204 e. The van der Waals surface area contributed by atoms with Crippen LogP contribution in [0.15, 0.2) is 36.7 Å². The molecule has 1 heterocycles. The second-order valence-corrected chi connectivity index (χ2v) is 3.70. The Bertz CT molecular complexity index is 384.